The van der Waals surface area contributed by atoms with Gasteiger partial charge < -0.3 is 9.32 Å². The second-order valence-corrected chi connectivity index (χ2v) is 13.1. The first kappa shape index (κ1) is 28.6. The lowest BCUT2D eigenvalue weighted by Crippen LogP contribution is -2.12. The van der Waals surface area contributed by atoms with E-state index in [1.54, 1.807) is 0 Å². The number of anilines is 3. The summed E-state index contributed by atoms with van der Waals surface area (Å²) in [5.41, 5.74) is 11.4. The molecule has 0 saturated heterocycles. The third kappa shape index (κ3) is 4.96. The maximum absolute atomic E-state index is 6.68. The molecule has 0 unspecified atom stereocenters. The van der Waals surface area contributed by atoms with Crippen molar-refractivity contribution in [1.82, 2.24) is 0 Å². The number of nitrogens with zero attached hydrogens (tertiary/aromatic N) is 1. The minimum Gasteiger partial charge on any atom is -0.454 e. The van der Waals surface area contributed by atoms with E-state index in [-0.39, 0.29) is 0 Å². The Balaban J connectivity index is 1.29. The summed E-state index contributed by atoms with van der Waals surface area (Å²) >= 11 is 0. The highest BCUT2D eigenvalue weighted by Crippen LogP contribution is 2.47. The summed E-state index contributed by atoms with van der Waals surface area (Å²) in [5.74, 6) is 0.652. The van der Waals surface area contributed by atoms with Gasteiger partial charge in [0, 0.05) is 22.0 Å². The zero-order valence-corrected chi connectivity index (χ0v) is 27.0. The van der Waals surface area contributed by atoms with Crippen molar-refractivity contribution >= 4 is 49.8 Å². The van der Waals surface area contributed by atoms with Crippen LogP contribution in [0.5, 0.6) is 0 Å². The predicted molar refractivity (Wildman–Crippen MR) is 203 cm³/mol. The number of fused-ring (bicyclic) bond motifs is 4. The summed E-state index contributed by atoms with van der Waals surface area (Å²) in [6.07, 6.45) is 6.59. The van der Waals surface area contributed by atoms with Crippen molar-refractivity contribution in [3.63, 3.8) is 0 Å². The standard InChI is InChI=1S/C46H37NO/c1-3-14-32(15-4-1)33-28-30-36(31-29-33)47(43-26-13-24-41-39-21-8-10-27-44(39)48-46(41)43)42-25-9-7-20-38(42)40-23-12-19-35-18-11-22-37(45(35)40)34-16-5-2-6-17-34/h2,5-13,16-32H,1,3-4,14-15H2. The van der Waals surface area contributed by atoms with Crippen LogP contribution in [0, 0.1) is 0 Å². The highest BCUT2D eigenvalue weighted by molar-refractivity contribution is 6.12. The highest BCUT2D eigenvalue weighted by atomic mass is 16.3. The summed E-state index contributed by atoms with van der Waals surface area (Å²) in [6, 6.07) is 57.2. The quantitative estimate of drug-likeness (QED) is 0.184. The molecule has 1 heterocycles. The van der Waals surface area contributed by atoms with Gasteiger partial charge >= 0.3 is 0 Å². The lowest BCUT2D eigenvalue weighted by Gasteiger charge is -2.29. The van der Waals surface area contributed by atoms with E-state index in [0.29, 0.717) is 5.92 Å². The van der Waals surface area contributed by atoms with Crippen LogP contribution in [0.15, 0.2) is 162 Å². The van der Waals surface area contributed by atoms with Crippen LogP contribution in [0.3, 0.4) is 0 Å². The van der Waals surface area contributed by atoms with Gasteiger partial charge in [-0.3, -0.25) is 0 Å². The van der Waals surface area contributed by atoms with Crippen molar-refractivity contribution in [3.8, 4) is 22.3 Å². The molecule has 0 bridgehead atoms. The van der Waals surface area contributed by atoms with Crippen LogP contribution in [0.2, 0.25) is 0 Å². The van der Waals surface area contributed by atoms with Crippen LogP contribution in [0.4, 0.5) is 17.1 Å². The van der Waals surface area contributed by atoms with Gasteiger partial charge in [0.2, 0.25) is 0 Å². The Morgan fingerprint density at radius 2 is 1.12 bits per heavy atom. The van der Waals surface area contributed by atoms with Gasteiger partial charge in [-0.25, -0.2) is 0 Å². The number of benzene rings is 7. The summed E-state index contributed by atoms with van der Waals surface area (Å²) < 4.78 is 6.68. The topological polar surface area (TPSA) is 16.4 Å². The van der Waals surface area contributed by atoms with Gasteiger partial charge in [-0.05, 0) is 82.1 Å². The molecule has 1 saturated carbocycles. The Morgan fingerprint density at radius 3 is 1.96 bits per heavy atom. The van der Waals surface area contributed by atoms with Gasteiger partial charge in [0.05, 0.1) is 11.4 Å². The number of hydrogen-bond donors (Lipinski definition) is 0. The van der Waals surface area contributed by atoms with Crippen LogP contribution in [-0.4, -0.2) is 0 Å². The number of furan rings is 1. The maximum atomic E-state index is 6.68. The van der Waals surface area contributed by atoms with Gasteiger partial charge in [0.1, 0.15) is 5.58 Å². The minimum absolute atomic E-state index is 0.652. The molecule has 0 aliphatic heterocycles. The van der Waals surface area contributed by atoms with Crippen LogP contribution < -0.4 is 4.90 Å². The Kier molecular flexibility index (Phi) is 7.28. The molecule has 232 valence electrons. The van der Waals surface area contributed by atoms with Crippen molar-refractivity contribution in [2.45, 2.75) is 38.0 Å². The molecular weight excluding hydrogens is 583 g/mol. The fourth-order valence-corrected chi connectivity index (χ4v) is 7.97. The molecule has 0 radical (unpaired) electrons. The number of hydrogen-bond acceptors (Lipinski definition) is 2. The molecule has 0 amide bonds. The highest BCUT2D eigenvalue weighted by Gasteiger charge is 2.24. The first-order chi connectivity index (χ1) is 23.8. The zero-order chi connectivity index (χ0) is 31.9. The molecule has 9 rings (SSSR count). The summed E-state index contributed by atoms with van der Waals surface area (Å²) in [7, 11) is 0. The molecule has 7 aromatic carbocycles. The lowest BCUT2D eigenvalue weighted by atomic mass is 9.84. The van der Waals surface area contributed by atoms with Crippen molar-refractivity contribution < 1.29 is 4.42 Å². The molecule has 1 fully saturated rings. The van der Waals surface area contributed by atoms with E-state index in [2.05, 4.69) is 157 Å². The van der Waals surface area contributed by atoms with E-state index >= 15 is 0 Å². The molecule has 0 spiro atoms. The molecule has 8 aromatic rings. The van der Waals surface area contributed by atoms with E-state index in [0.717, 1.165) is 39.0 Å². The maximum Gasteiger partial charge on any atom is 0.159 e. The van der Waals surface area contributed by atoms with Crippen molar-refractivity contribution in [3.05, 3.63) is 163 Å². The molecule has 0 N–H and O–H groups in total. The third-order valence-corrected chi connectivity index (χ3v) is 10.3. The molecule has 1 aliphatic carbocycles. The molecule has 0 atom stereocenters. The second-order valence-electron chi connectivity index (χ2n) is 13.1. The average molecular weight is 620 g/mol. The van der Waals surface area contributed by atoms with E-state index < -0.39 is 0 Å². The van der Waals surface area contributed by atoms with Crippen molar-refractivity contribution in [2.24, 2.45) is 0 Å². The SMILES string of the molecule is c1ccc(-c2cccc3cccc(-c4ccccc4N(c4ccc(C5CCCCC5)cc4)c4cccc5c4oc4ccccc45)c23)cc1. The first-order valence-electron chi connectivity index (χ1n) is 17.3. The van der Waals surface area contributed by atoms with E-state index in [9.17, 15) is 0 Å². The van der Waals surface area contributed by atoms with Crippen molar-refractivity contribution in [1.29, 1.82) is 0 Å². The molecule has 2 nitrogen and oxygen atoms in total. The monoisotopic (exact) mass is 619 g/mol. The Bertz CT molecular complexity index is 2370. The number of rotatable bonds is 6. The first-order valence-corrected chi connectivity index (χ1v) is 17.3. The molecule has 1 aromatic heterocycles. The normalized spacial score (nSPS) is 13.8. The Morgan fingerprint density at radius 1 is 0.479 bits per heavy atom. The van der Waals surface area contributed by atoms with Crippen molar-refractivity contribution in [2.75, 3.05) is 4.90 Å². The second kappa shape index (κ2) is 12.2. The largest absolute Gasteiger partial charge is 0.454 e. The van der Waals surface area contributed by atoms with Gasteiger partial charge in [-0.15, -0.1) is 0 Å². The summed E-state index contributed by atoms with van der Waals surface area (Å²) in [6.45, 7) is 0. The summed E-state index contributed by atoms with van der Waals surface area (Å²) in [4.78, 5) is 2.41. The molecule has 48 heavy (non-hydrogen) atoms. The van der Waals surface area contributed by atoms with Gasteiger partial charge in [0.25, 0.3) is 0 Å². The predicted octanol–water partition coefficient (Wildman–Crippen LogP) is 13.6. The third-order valence-electron chi connectivity index (χ3n) is 10.3. The van der Waals surface area contributed by atoms with Crippen LogP contribution in [-0.2, 0) is 0 Å². The number of para-hydroxylation sites is 3. The fraction of sp³-hybridized carbons (Fsp3) is 0.130. The van der Waals surface area contributed by atoms with Crippen LogP contribution in [0.1, 0.15) is 43.6 Å². The Labute approximate surface area is 281 Å². The Hall–Kier alpha value is -5.60. The smallest absolute Gasteiger partial charge is 0.159 e. The average Bonchev–Trinajstić information content (AvgIpc) is 3.55. The molecular formula is C46H37NO. The zero-order valence-electron chi connectivity index (χ0n) is 27.0. The summed E-state index contributed by atoms with van der Waals surface area (Å²) in [5, 5.41) is 4.75. The van der Waals surface area contributed by atoms with Gasteiger partial charge in [-0.2, -0.15) is 0 Å². The van der Waals surface area contributed by atoms with E-state index in [1.807, 2.05) is 6.07 Å². The van der Waals surface area contributed by atoms with E-state index in [1.165, 1.54) is 70.7 Å². The minimum atomic E-state index is 0.652. The van der Waals surface area contributed by atoms with Crippen LogP contribution in [0.25, 0.3) is 55.0 Å². The van der Waals surface area contributed by atoms with Gasteiger partial charge in [-0.1, -0.05) is 147 Å². The molecule has 1 aliphatic rings. The molecule has 2 heteroatoms. The van der Waals surface area contributed by atoms with E-state index in [4.69, 9.17) is 4.42 Å². The van der Waals surface area contributed by atoms with Crippen LogP contribution >= 0.6 is 0 Å². The lowest BCUT2D eigenvalue weighted by molar-refractivity contribution is 0.443. The van der Waals surface area contributed by atoms with Gasteiger partial charge in [0.15, 0.2) is 5.58 Å². The fourth-order valence-electron chi connectivity index (χ4n) is 7.97.